The second-order valence-corrected chi connectivity index (χ2v) is 15.6. The van der Waals surface area contributed by atoms with E-state index in [1.165, 1.54) is 12.7 Å². The van der Waals surface area contributed by atoms with Crippen molar-refractivity contribution in [2.75, 3.05) is 13.7 Å². The largest absolute Gasteiger partial charge is 0.394 e. The predicted molar refractivity (Wildman–Crippen MR) is 163 cm³/mol. The summed E-state index contributed by atoms with van der Waals surface area (Å²) in [7, 11) is 1.43. The molecule has 0 radical (unpaired) electrons. The van der Waals surface area contributed by atoms with Crippen LogP contribution < -0.4 is 0 Å². The van der Waals surface area contributed by atoms with E-state index in [0.29, 0.717) is 12.3 Å². The van der Waals surface area contributed by atoms with Gasteiger partial charge in [-0.25, -0.2) is 0 Å². The summed E-state index contributed by atoms with van der Waals surface area (Å²) in [5.41, 5.74) is 0.224. The summed E-state index contributed by atoms with van der Waals surface area (Å²) in [5, 5.41) is 74.5. The van der Waals surface area contributed by atoms with Gasteiger partial charge in [-0.05, 0) is 88.4 Å². The van der Waals surface area contributed by atoms with Crippen molar-refractivity contribution in [2.45, 2.75) is 158 Å². The van der Waals surface area contributed by atoms with Gasteiger partial charge in [0.25, 0.3) is 0 Å². The summed E-state index contributed by atoms with van der Waals surface area (Å²) >= 11 is 0. The number of rotatable bonds is 7. The average molecular weight is 657 g/mol. The third-order valence-corrected chi connectivity index (χ3v) is 13.4. The molecule has 12 nitrogen and oxygen atoms in total. The van der Waals surface area contributed by atoms with Crippen molar-refractivity contribution in [1.29, 1.82) is 0 Å². The molecule has 4 aliphatic carbocycles. The number of allylic oxidation sites excluding steroid dienone is 1. The fraction of sp³-hybridized carbons (Fsp3) is 0.941. The van der Waals surface area contributed by atoms with Gasteiger partial charge in [0.05, 0.1) is 30.5 Å². The van der Waals surface area contributed by atoms with E-state index in [1.54, 1.807) is 6.92 Å². The highest BCUT2D eigenvalue weighted by Crippen LogP contribution is 2.68. The van der Waals surface area contributed by atoms with Crippen LogP contribution in [0.5, 0.6) is 0 Å². The standard InChI is InChI=1S/C34H56O12/c1-16(36)20-10-13-34(41)22-7-6-18-14-19(8-11-32(18,3)21(22)9-12-33(20,34)4)44-31-27(40)29(42-5)28(17(2)43-31)46-30-26(39)25(38)24(37)23(15-35)45-30/h6,16-17,19-31,35-41H,7-15H2,1-5H3/t16-,17-,19+,20-,21+,22-,23-,24+,25+,26-,27-,28+,29-,30+,31+,32+,33-,34+/m1/s1. The molecule has 7 N–H and O–H groups in total. The molecular formula is C34H56O12. The van der Waals surface area contributed by atoms with Crippen LogP contribution in [0.2, 0.25) is 0 Å². The summed E-state index contributed by atoms with van der Waals surface area (Å²) < 4.78 is 29.7. The molecule has 0 aromatic heterocycles. The van der Waals surface area contributed by atoms with Crippen LogP contribution in [0.4, 0.5) is 0 Å². The fourth-order valence-electron chi connectivity index (χ4n) is 10.6. The smallest absolute Gasteiger partial charge is 0.187 e. The van der Waals surface area contributed by atoms with Crippen LogP contribution in [0, 0.1) is 28.6 Å². The number of hydrogen-bond donors (Lipinski definition) is 7. The highest BCUT2D eigenvalue weighted by atomic mass is 16.7. The van der Waals surface area contributed by atoms with Gasteiger partial charge >= 0.3 is 0 Å². The van der Waals surface area contributed by atoms with Gasteiger partial charge in [-0.2, -0.15) is 0 Å². The second kappa shape index (κ2) is 12.9. The molecule has 0 amide bonds. The number of aliphatic hydroxyl groups is 7. The maximum Gasteiger partial charge on any atom is 0.187 e. The number of aliphatic hydroxyl groups excluding tert-OH is 6. The van der Waals surface area contributed by atoms with E-state index in [1.807, 2.05) is 6.92 Å². The number of fused-ring (bicyclic) bond motifs is 5. The van der Waals surface area contributed by atoms with E-state index in [0.717, 1.165) is 44.9 Å². The zero-order chi connectivity index (χ0) is 33.3. The molecule has 0 aromatic carbocycles. The SMILES string of the molecule is CO[C@@H]1[C@@H](O)[C@H](O[C@H]2CC[C@@]3(C)C(=CC[C@@H]4[C@@H]3CC[C@]3(C)[C@@H]([C@@H](C)O)CC[C@]43O)C2)O[C@H](C)[C@@H]1O[C@@H]1O[C@H](CO)[C@H](O)[C@H](O)[C@H]1O. The lowest BCUT2D eigenvalue weighted by Crippen LogP contribution is -2.64. The zero-order valence-corrected chi connectivity index (χ0v) is 27.8. The molecule has 6 aliphatic rings. The van der Waals surface area contributed by atoms with Crippen molar-refractivity contribution in [3.8, 4) is 0 Å². The monoisotopic (exact) mass is 656 g/mol. The van der Waals surface area contributed by atoms with Crippen LogP contribution in [-0.4, -0.2) is 129 Å². The highest BCUT2D eigenvalue weighted by molar-refractivity contribution is 5.28. The molecule has 18 atom stereocenters. The molecule has 3 saturated carbocycles. The normalized spacial score (nSPS) is 54.7. The lowest BCUT2D eigenvalue weighted by Gasteiger charge is -2.61. The van der Waals surface area contributed by atoms with Crippen molar-refractivity contribution in [1.82, 2.24) is 0 Å². The topological polar surface area (TPSA) is 188 Å². The average Bonchev–Trinajstić information content (AvgIpc) is 3.31. The lowest BCUT2D eigenvalue weighted by atomic mass is 9.45. The highest BCUT2D eigenvalue weighted by Gasteiger charge is 2.67. The Labute approximate surface area is 271 Å². The number of ether oxygens (including phenoxy) is 5. The van der Waals surface area contributed by atoms with E-state index in [-0.39, 0.29) is 28.8 Å². The fourth-order valence-corrected chi connectivity index (χ4v) is 10.6. The lowest BCUT2D eigenvalue weighted by molar-refractivity contribution is -0.361. The van der Waals surface area contributed by atoms with Gasteiger partial charge in [0.1, 0.15) is 42.7 Å². The molecule has 12 heteroatoms. The first-order chi connectivity index (χ1) is 21.7. The van der Waals surface area contributed by atoms with Gasteiger partial charge in [-0.3, -0.25) is 0 Å². The summed E-state index contributed by atoms with van der Waals surface area (Å²) in [6.45, 7) is 7.55. The van der Waals surface area contributed by atoms with Crippen molar-refractivity contribution >= 4 is 0 Å². The van der Waals surface area contributed by atoms with Crippen LogP contribution in [0.1, 0.15) is 79.1 Å². The van der Waals surface area contributed by atoms with Crippen molar-refractivity contribution in [3.63, 3.8) is 0 Å². The maximum atomic E-state index is 12.3. The van der Waals surface area contributed by atoms with Gasteiger partial charge in [0.15, 0.2) is 12.6 Å². The minimum absolute atomic E-state index is 0.0541. The minimum atomic E-state index is -1.60. The van der Waals surface area contributed by atoms with Gasteiger partial charge in [0, 0.05) is 12.5 Å². The molecule has 264 valence electrons. The van der Waals surface area contributed by atoms with Crippen LogP contribution >= 0.6 is 0 Å². The molecule has 0 spiro atoms. The predicted octanol–water partition coefficient (Wildman–Crippen LogP) is 0.752. The van der Waals surface area contributed by atoms with E-state index in [2.05, 4.69) is 19.9 Å². The van der Waals surface area contributed by atoms with E-state index in [4.69, 9.17) is 23.7 Å². The minimum Gasteiger partial charge on any atom is -0.394 e. The summed E-state index contributed by atoms with van der Waals surface area (Å²) in [5.74, 6) is 0.630. The molecule has 6 rings (SSSR count). The van der Waals surface area contributed by atoms with Gasteiger partial charge in [-0.15, -0.1) is 0 Å². The summed E-state index contributed by atoms with van der Waals surface area (Å²) in [4.78, 5) is 0. The molecule has 2 saturated heterocycles. The molecular weight excluding hydrogens is 600 g/mol. The second-order valence-electron chi connectivity index (χ2n) is 15.6. The Morgan fingerprint density at radius 2 is 1.61 bits per heavy atom. The van der Waals surface area contributed by atoms with Crippen molar-refractivity contribution in [2.24, 2.45) is 28.6 Å². The van der Waals surface area contributed by atoms with Gasteiger partial charge < -0.3 is 59.4 Å². The van der Waals surface area contributed by atoms with Crippen LogP contribution in [-0.2, 0) is 23.7 Å². The molecule has 5 fully saturated rings. The van der Waals surface area contributed by atoms with Gasteiger partial charge in [0.2, 0.25) is 0 Å². The van der Waals surface area contributed by atoms with Crippen LogP contribution in [0.25, 0.3) is 0 Å². The first kappa shape index (κ1) is 35.1. The molecule has 2 aliphatic heterocycles. The van der Waals surface area contributed by atoms with Gasteiger partial charge in [-0.1, -0.05) is 25.5 Å². The van der Waals surface area contributed by atoms with Crippen LogP contribution in [0.15, 0.2) is 11.6 Å². The Bertz CT molecular complexity index is 1120. The maximum absolute atomic E-state index is 12.3. The number of hydrogen-bond acceptors (Lipinski definition) is 12. The zero-order valence-electron chi connectivity index (χ0n) is 27.8. The van der Waals surface area contributed by atoms with Crippen molar-refractivity contribution in [3.05, 3.63) is 11.6 Å². The Morgan fingerprint density at radius 1 is 0.891 bits per heavy atom. The van der Waals surface area contributed by atoms with Crippen molar-refractivity contribution < 1.29 is 59.4 Å². The van der Waals surface area contributed by atoms with Crippen LogP contribution in [0.3, 0.4) is 0 Å². The van der Waals surface area contributed by atoms with E-state index >= 15 is 0 Å². The Balaban J connectivity index is 1.12. The van der Waals surface area contributed by atoms with E-state index in [9.17, 15) is 35.7 Å². The number of methoxy groups -OCH3 is 1. The third kappa shape index (κ3) is 5.43. The molecule has 0 unspecified atom stereocenters. The first-order valence-corrected chi connectivity index (χ1v) is 17.3. The summed E-state index contributed by atoms with van der Waals surface area (Å²) in [6, 6.07) is 0. The molecule has 2 heterocycles. The Hall–Kier alpha value is -0.740. The molecule has 46 heavy (non-hydrogen) atoms. The van der Waals surface area contributed by atoms with E-state index < -0.39 is 79.7 Å². The first-order valence-electron chi connectivity index (χ1n) is 17.3. The Kier molecular flexibility index (Phi) is 9.81. The quantitative estimate of drug-likeness (QED) is 0.191. The molecule has 0 bridgehead atoms. The third-order valence-electron chi connectivity index (χ3n) is 13.4. The molecule has 0 aromatic rings. The summed E-state index contributed by atoms with van der Waals surface area (Å²) in [6.07, 6.45) is -3.55. The Morgan fingerprint density at radius 3 is 2.28 bits per heavy atom.